The molecule has 2 aromatic heterocycles. The van der Waals surface area contributed by atoms with E-state index in [1.165, 1.54) is 4.88 Å². The molecule has 1 N–H and O–H groups in total. The fourth-order valence-electron chi connectivity index (χ4n) is 1.28. The van der Waals surface area contributed by atoms with Gasteiger partial charge in [-0.3, -0.25) is 9.20 Å². The van der Waals surface area contributed by atoms with Crippen molar-refractivity contribution in [2.45, 2.75) is 6.92 Å². The third-order valence-electron chi connectivity index (χ3n) is 1.91. The minimum Gasteiger partial charge on any atom is -0.347 e. The molecule has 0 aliphatic carbocycles. The fourth-order valence-corrected chi connectivity index (χ4v) is 2.08. The van der Waals surface area contributed by atoms with Crippen LogP contribution in [-0.4, -0.2) is 21.8 Å². The molecule has 2 aromatic rings. The summed E-state index contributed by atoms with van der Waals surface area (Å²) in [6, 6.07) is 0. The zero-order valence-corrected chi connectivity index (χ0v) is 9.17. The van der Waals surface area contributed by atoms with Gasteiger partial charge in [-0.25, -0.2) is 4.98 Å². The molecule has 0 aliphatic heterocycles. The molecule has 1 amide bonds. The molecule has 0 spiro atoms. The summed E-state index contributed by atoms with van der Waals surface area (Å²) in [7, 11) is 0. The Morgan fingerprint density at radius 2 is 2.53 bits per heavy atom. The number of imidazole rings is 1. The average molecular weight is 221 g/mol. The largest absolute Gasteiger partial charge is 0.347 e. The van der Waals surface area contributed by atoms with Gasteiger partial charge in [0.1, 0.15) is 5.69 Å². The van der Waals surface area contributed by atoms with Gasteiger partial charge in [0.05, 0.1) is 0 Å². The average Bonchev–Trinajstić information content (AvgIpc) is 2.70. The second-order valence-corrected chi connectivity index (χ2v) is 4.37. The van der Waals surface area contributed by atoms with E-state index < -0.39 is 0 Å². The van der Waals surface area contributed by atoms with Crippen LogP contribution >= 0.6 is 11.3 Å². The van der Waals surface area contributed by atoms with E-state index in [4.69, 9.17) is 0 Å². The van der Waals surface area contributed by atoms with E-state index in [0.717, 1.165) is 4.96 Å². The summed E-state index contributed by atoms with van der Waals surface area (Å²) in [4.78, 5) is 17.8. The first-order valence-electron chi connectivity index (χ1n) is 4.55. The minimum atomic E-state index is -0.163. The molecule has 4 nitrogen and oxygen atoms in total. The fraction of sp³-hybridized carbons (Fsp3) is 0.200. The first-order valence-corrected chi connectivity index (χ1v) is 5.36. The van der Waals surface area contributed by atoms with Crippen LogP contribution in [0.3, 0.4) is 0 Å². The van der Waals surface area contributed by atoms with Crippen LogP contribution in [0.25, 0.3) is 4.96 Å². The molecule has 0 atom stereocenters. The maximum atomic E-state index is 11.5. The first-order chi connectivity index (χ1) is 7.20. The van der Waals surface area contributed by atoms with E-state index in [1.807, 2.05) is 17.5 Å². The molecule has 0 aliphatic rings. The lowest BCUT2D eigenvalue weighted by Gasteiger charge is -1.96. The molecule has 2 heterocycles. The lowest BCUT2D eigenvalue weighted by molar-refractivity contribution is 0.0953. The van der Waals surface area contributed by atoms with Gasteiger partial charge in [0.15, 0.2) is 4.96 Å². The highest BCUT2D eigenvalue weighted by Crippen LogP contribution is 2.16. The van der Waals surface area contributed by atoms with Crippen molar-refractivity contribution in [1.82, 2.24) is 14.7 Å². The van der Waals surface area contributed by atoms with Crippen molar-refractivity contribution in [1.29, 1.82) is 0 Å². The summed E-state index contributed by atoms with van der Waals surface area (Å²) < 4.78 is 1.86. The molecule has 0 saturated carbocycles. The summed E-state index contributed by atoms with van der Waals surface area (Å²) in [5.74, 6) is -0.163. The monoisotopic (exact) mass is 221 g/mol. The Morgan fingerprint density at radius 3 is 3.20 bits per heavy atom. The molecule has 78 valence electrons. The number of rotatable bonds is 3. The van der Waals surface area contributed by atoms with Crippen molar-refractivity contribution >= 4 is 22.2 Å². The van der Waals surface area contributed by atoms with Crippen molar-refractivity contribution in [3.05, 3.63) is 35.6 Å². The van der Waals surface area contributed by atoms with Crippen LogP contribution in [0.4, 0.5) is 0 Å². The number of amides is 1. The lowest BCUT2D eigenvalue weighted by atomic mass is 10.4. The van der Waals surface area contributed by atoms with Crippen molar-refractivity contribution in [3.8, 4) is 0 Å². The third kappa shape index (κ3) is 1.92. The van der Waals surface area contributed by atoms with E-state index in [-0.39, 0.29) is 5.91 Å². The molecule has 0 radical (unpaired) electrons. The molecule has 0 aromatic carbocycles. The van der Waals surface area contributed by atoms with Gasteiger partial charge in [-0.05, 0) is 6.92 Å². The van der Waals surface area contributed by atoms with Crippen LogP contribution in [0.5, 0.6) is 0 Å². The van der Waals surface area contributed by atoms with Gasteiger partial charge in [-0.2, -0.15) is 0 Å². The van der Waals surface area contributed by atoms with Crippen LogP contribution in [0.2, 0.25) is 0 Å². The van der Waals surface area contributed by atoms with Gasteiger partial charge in [0.2, 0.25) is 0 Å². The zero-order valence-electron chi connectivity index (χ0n) is 8.36. The van der Waals surface area contributed by atoms with Gasteiger partial charge in [-0.15, -0.1) is 17.9 Å². The molecular formula is C10H11N3OS. The topological polar surface area (TPSA) is 46.4 Å². The zero-order chi connectivity index (χ0) is 10.8. The third-order valence-corrected chi connectivity index (χ3v) is 2.82. The maximum Gasteiger partial charge on any atom is 0.271 e. The number of fused-ring (bicyclic) bond motifs is 1. The molecule has 15 heavy (non-hydrogen) atoms. The first kappa shape index (κ1) is 9.92. The molecule has 5 heteroatoms. The van der Waals surface area contributed by atoms with Crippen LogP contribution in [0.15, 0.2) is 25.0 Å². The smallest absolute Gasteiger partial charge is 0.271 e. The Morgan fingerprint density at radius 1 is 1.73 bits per heavy atom. The van der Waals surface area contributed by atoms with E-state index >= 15 is 0 Å². The van der Waals surface area contributed by atoms with E-state index in [1.54, 1.807) is 23.6 Å². The van der Waals surface area contributed by atoms with Crippen molar-refractivity contribution < 1.29 is 4.79 Å². The van der Waals surface area contributed by atoms with Gasteiger partial charge < -0.3 is 5.32 Å². The van der Waals surface area contributed by atoms with Crippen molar-refractivity contribution in [2.24, 2.45) is 0 Å². The van der Waals surface area contributed by atoms with E-state index in [9.17, 15) is 4.79 Å². The number of nitrogens with one attached hydrogen (secondary N) is 1. The SMILES string of the molecule is C=CCNC(=O)c1cn2cc(C)sc2n1. The van der Waals surface area contributed by atoms with E-state index in [2.05, 4.69) is 16.9 Å². The Hall–Kier alpha value is -1.62. The van der Waals surface area contributed by atoms with Gasteiger partial charge >= 0.3 is 0 Å². The standard InChI is InChI=1S/C10H11N3OS/c1-3-4-11-9(14)8-6-13-5-7(2)15-10(13)12-8/h3,5-6H,1,4H2,2H3,(H,11,14). The second-order valence-electron chi connectivity index (χ2n) is 3.16. The number of hydrogen-bond donors (Lipinski definition) is 1. The number of carbonyl (C=O) groups excluding carboxylic acids is 1. The second kappa shape index (κ2) is 3.86. The van der Waals surface area contributed by atoms with Crippen LogP contribution < -0.4 is 5.32 Å². The molecule has 0 saturated heterocycles. The highest BCUT2D eigenvalue weighted by Gasteiger charge is 2.10. The maximum absolute atomic E-state index is 11.5. The highest BCUT2D eigenvalue weighted by molar-refractivity contribution is 7.17. The molecule has 0 bridgehead atoms. The van der Waals surface area contributed by atoms with Crippen molar-refractivity contribution in [3.63, 3.8) is 0 Å². The number of nitrogens with zero attached hydrogens (tertiary/aromatic N) is 2. The summed E-state index contributed by atoms with van der Waals surface area (Å²) >= 11 is 1.57. The van der Waals surface area contributed by atoms with Gasteiger partial charge in [0, 0.05) is 23.8 Å². The molecule has 0 fully saturated rings. The number of aromatic nitrogens is 2. The quantitative estimate of drug-likeness (QED) is 0.800. The van der Waals surface area contributed by atoms with E-state index in [0.29, 0.717) is 12.2 Å². The van der Waals surface area contributed by atoms with Gasteiger partial charge in [-0.1, -0.05) is 6.08 Å². The predicted molar refractivity (Wildman–Crippen MR) is 60.3 cm³/mol. The number of hydrogen-bond acceptors (Lipinski definition) is 3. The Kier molecular flexibility index (Phi) is 2.55. The minimum absolute atomic E-state index is 0.163. The summed E-state index contributed by atoms with van der Waals surface area (Å²) in [6.07, 6.45) is 5.33. The Balaban J connectivity index is 2.24. The normalized spacial score (nSPS) is 10.5. The van der Waals surface area contributed by atoms with Crippen LogP contribution in [0.1, 0.15) is 15.4 Å². The lowest BCUT2D eigenvalue weighted by Crippen LogP contribution is -2.23. The Bertz CT molecular complexity index is 480. The highest BCUT2D eigenvalue weighted by atomic mass is 32.1. The molecule has 2 rings (SSSR count). The number of carbonyl (C=O) groups is 1. The summed E-state index contributed by atoms with van der Waals surface area (Å²) in [6.45, 7) is 6.00. The predicted octanol–water partition coefficient (Wildman–Crippen LogP) is 1.62. The van der Waals surface area contributed by atoms with Crippen LogP contribution in [0, 0.1) is 6.92 Å². The van der Waals surface area contributed by atoms with Crippen molar-refractivity contribution in [2.75, 3.05) is 6.54 Å². The number of thiazole rings is 1. The molecular weight excluding hydrogens is 210 g/mol. The summed E-state index contributed by atoms with van der Waals surface area (Å²) in [5, 5.41) is 2.69. The molecule has 0 unspecified atom stereocenters. The number of aryl methyl sites for hydroxylation is 1. The summed E-state index contributed by atoms with van der Waals surface area (Å²) in [5.41, 5.74) is 0.447. The van der Waals surface area contributed by atoms with Crippen LogP contribution in [-0.2, 0) is 0 Å². The Labute approximate surface area is 91.3 Å². The van der Waals surface area contributed by atoms with Gasteiger partial charge in [0.25, 0.3) is 5.91 Å².